The molecule has 0 radical (unpaired) electrons. The van der Waals surface area contributed by atoms with Crippen LogP contribution in [0.4, 0.5) is 0 Å². The number of aromatic amines is 1. The number of amides is 2. The molecule has 0 unspecified atom stereocenters. The molecule has 0 aliphatic carbocycles. The van der Waals surface area contributed by atoms with Crippen molar-refractivity contribution in [1.29, 1.82) is 0 Å². The Morgan fingerprint density at radius 1 is 1.28 bits per heavy atom. The van der Waals surface area contributed by atoms with Gasteiger partial charge in [-0.15, -0.1) is 0 Å². The number of nitrogens with one attached hydrogen (secondary N) is 1. The second kappa shape index (κ2) is 5.20. The molecule has 0 bridgehead atoms. The first-order valence-electron chi connectivity index (χ1n) is 6.21. The zero-order valence-electron chi connectivity index (χ0n) is 10.8. The first kappa shape index (κ1) is 12.6. The summed E-state index contributed by atoms with van der Waals surface area (Å²) in [7, 11) is 0. The Kier molecular flexibility index (Phi) is 3.64. The van der Waals surface area contributed by atoms with Crippen LogP contribution in [-0.4, -0.2) is 58.0 Å². The Morgan fingerprint density at radius 2 is 1.89 bits per heavy atom. The van der Waals surface area contributed by atoms with Crippen molar-refractivity contribution in [3.8, 4) is 0 Å². The lowest BCUT2D eigenvalue weighted by Gasteiger charge is -2.33. The van der Waals surface area contributed by atoms with Gasteiger partial charge in [0.25, 0.3) is 5.91 Å². The molecule has 1 aliphatic heterocycles. The lowest BCUT2D eigenvalue weighted by atomic mass is 10.2. The van der Waals surface area contributed by atoms with Gasteiger partial charge in [0.1, 0.15) is 5.69 Å². The van der Waals surface area contributed by atoms with Crippen molar-refractivity contribution < 1.29 is 9.59 Å². The van der Waals surface area contributed by atoms with E-state index in [0.29, 0.717) is 31.9 Å². The number of aryl methyl sites for hydroxylation is 1. The molecule has 98 valence electrons. The van der Waals surface area contributed by atoms with Crippen LogP contribution in [0.25, 0.3) is 0 Å². The zero-order chi connectivity index (χ0) is 13.1. The molecule has 2 heterocycles. The number of hydrogen-bond donors (Lipinski definition) is 1. The van der Waals surface area contributed by atoms with Crippen LogP contribution >= 0.6 is 0 Å². The molecule has 6 heteroatoms. The summed E-state index contributed by atoms with van der Waals surface area (Å²) in [4.78, 5) is 26.8. The average molecular weight is 250 g/mol. The number of carbonyl (C=O) groups excluding carboxylic acids is 2. The molecule has 0 atom stereocenters. The summed E-state index contributed by atoms with van der Waals surface area (Å²) in [6, 6.07) is 1.79. The average Bonchev–Trinajstić information content (AvgIpc) is 2.86. The molecule has 0 spiro atoms. The minimum Gasteiger partial charge on any atom is -0.339 e. The summed E-state index contributed by atoms with van der Waals surface area (Å²) in [5, 5.41) is 6.86. The number of aromatic nitrogens is 2. The third-order valence-electron chi connectivity index (χ3n) is 3.24. The van der Waals surface area contributed by atoms with Crippen LogP contribution in [0.1, 0.15) is 30.0 Å². The van der Waals surface area contributed by atoms with Crippen molar-refractivity contribution in [3.05, 3.63) is 17.5 Å². The quantitative estimate of drug-likeness (QED) is 0.819. The number of nitrogens with zero attached hydrogens (tertiary/aromatic N) is 3. The zero-order valence-corrected chi connectivity index (χ0v) is 10.8. The Balaban J connectivity index is 1.97. The van der Waals surface area contributed by atoms with Gasteiger partial charge in [-0.05, 0) is 12.5 Å². The number of piperazine rings is 1. The fourth-order valence-corrected chi connectivity index (χ4v) is 2.04. The van der Waals surface area contributed by atoms with Crippen LogP contribution in [-0.2, 0) is 11.2 Å². The first-order valence-corrected chi connectivity index (χ1v) is 6.21. The van der Waals surface area contributed by atoms with E-state index in [-0.39, 0.29) is 11.8 Å². The van der Waals surface area contributed by atoms with Gasteiger partial charge in [0.15, 0.2) is 0 Å². The molecule has 2 rings (SSSR count). The smallest absolute Gasteiger partial charge is 0.274 e. The summed E-state index contributed by atoms with van der Waals surface area (Å²) in [6.45, 7) is 5.92. The fraction of sp³-hybridized carbons (Fsp3) is 0.583. The Bertz CT molecular complexity index is 447. The van der Waals surface area contributed by atoms with Gasteiger partial charge in [0, 0.05) is 38.8 Å². The van der Waals surface area contributed by atoms with E-state index in [1.165, 1.54) is 0 Å². The summed E-state index contributed by atoms with van der Waals surface area (Å²) < 4.78 is 0. The molecule has 1 fully saturated rings. The molecule has 0 aromatic carbocycles. The topological polar surface area (TPSA) is 69.3 Å². The number of H-pyrrole nitrogens is 1. The lowest BCUT2D eigenvalue weighted by molar-refractivity contribution is -0.130. The van der Waals surface area contributed by atoms with Gasteiger partial charge in [-0.2, -0.15) is 5.10 Å². The van der Waals surface area contributed by atoms with Crippen molar-refractivity contribution in [2.45, 2.75) is 20.3 Å². The van der Waals surface area contributed by atoms with Gasteiger partial charge in [-0.25, -0.2) is 0 Å². The normalized spacial score (nSPS) is 15.9. The molecule has 1 aromatic heterocycles. The third kappa shape index (κ3) is 2.52. The first-order chi connectivity index (χ1) is 8.61. The van der Waals surface area contributed by atoms with Crippen LogP contribution in [0, 0.1) is 0 Å². The molecule has 2 amide bonds. The van der Waals surface area contributed by atoms with Crippen molar-refractivity contribution in [2.24, 2.45) is 0 Å². The highest BCUT2D eigenvalue weighted by atomic mass is 16.2. The summed E-state index contributed by atoms with van der Waals surface area (Å²) in [5.41, 5.74) is 1.42. The molecule has 6 nitrogen and oxygen atoms in total. The van der Waals surface area contributed by atoms with Crippen molar-refractivity contribution in [2.75, 3.05) is 26.2 Å². The van der Waals surface area contributed by atoms with Gasteiger partial charge in [0.05, 0.1) is 0 Å². The molecular weight excluding hydrogens is 232 g/mol. The van der Waals surface area contributed by atoms with E-state index in [1.807, 2.05) is 6.92 Å². The standard InChI is InChI=1S/C12H18N4O2/c1-3-10-8-11(14-13-10)12(18)16-6-4-15(5-7-16)9(2)17/h8H,3-7H2,1-2H3,(H,13,14). The van der Waals surface area contributed by atoms with E-state index in [2.05, 4.69) is 10.2 Å². The van der Waals surface area contributed by atoms with Crippen LogP contribution in [0.15, 0.2) is 6.07 Å². The summed E-state index contributed by atoms with van der Waals surface area (Å²) in [6.07, 6.45) is 0.832. The minimum atomic E-state index is -0.0610. The highest BCUT2D eigenvalue weighted by molar-refractivity contribution is 5.92. The van der Waals surface area contributed by atoms with Crippen molar-refractivity contribution in [3.63, 3.8) is 0 Å². The predicted octanol–water partition coefficient (Wildman–Crippen LogP) is 0.276. The molecule has 1 N–H and O–H groups in total. The second-order valence-electron chi connectivity index (χ2n) is 4.43. The number of hydrogen-bond acceptors (Lipinski definition) is 3. The Morgan fingerprint density at radius 3 is 2.39 bits per heavy atom. The van der Waals surface area contributed by atoms with Gasteiger partial charge < -0.3 is 9.80 Å². The van der Waals surface area contributed by atoms with Gasteiger partial charge in [-0.3, -0.25) is 14.7 Å². The molecule has 1 aliphatic rings. The molecule has 18 heavy (non-hydrogen) atoms. The molecular formula is C12H18N4O2. The predicted molar refractivity (Wildman–Crippen MR) is 66.1 cm³/mol. The van der Waals surface area contributed by atoms with E-state index in [4.69, 9.17) is 0 Å². The maximum Gasteiger partial charge on any atom is 0.274 e. The Hall–Kier alpha value is -1.85. The van der Waals surface area contributed by atoms with Crippen LogP contribution in [0.5, 0.6) is 0 Å². The fourth-order valence-electron chi connectivity index (χ4n) is 2.04. The second-order valence-corrected chi connectivity index (χ2v) is 4.43. The van der Waals surface area contributed by atoms with Crippen molar-refractivity contribution >= 4 is 11.8 Å². The van der Waals surface area contributed by atoms with E-state index < -0.39 is 0 Å². The maximum atomic E-state index is 12.1. The van der Waals surface area contributed by atoms with Gasteiger partial charge >= 0.3 is 0 Å². The van der Waals surface area contributed by atoms with Crippen LogP contribution in [0.3, 0.4) is 0 Å². The van der Waals surface area contributed by atoms with E-state index in [9.17, 15) is 9.59 Å². The molecule has 0 saturated carbocycles. The van der Waals surface area contributed by atoms with Crippen molar-refractivity contribution in [1.82, 2.24) is 20.0 Å². The van der Waals surface area contributed by atoms with Gasteiger partial charge in [0.2, 0.25) is 5.91 Å². The third-order valence-corrected chi connectivity index (χ3v) is 3.24. The van der Waals surface area contributed by atoms with E-state index in [1.54, 1.807) is 22.8 Å². The van der Waals surface area contributed by atoms with Gasteiger partial charge in [-0.1, -0.05) is 6.92 Å². The highest BCUT2D eigenvalue weighted by Crippen LogP contribution is 2.08. The summed E-state index contributed by atoms with van der Waals surface area (Å²) >= 11 is 0. The molecule has 1 aromatic rings. The Labute approximate surface area is 106 Å². The largest absolute Gasteiger partial charge is 0.339 e. The summed E-state index contributed by atoms with van der Waals surface area (Å²) in [5.74, 6) is 0.00397. The van der Waals surface area contributed by atoms with E-state index in [0.717, 1.165) is 12.1 Å². The molecule has 1 saturated heterocycles. The van der Waals surface area contributed by atoms with Crippen LogP contribution in [0.2, 0.25) is 0 Å². The maximum absolute atomic E-state index is 12.1. The monoisotopic (exact) mass is 250 g/mol. The van der Waals surface area contributed by atoms with Crippen LogP contribution < -0.4 is 0 Å². The number of rotatable bonds is 2. The lowest BCUT2D eigenvalue weighted by Crippen LogP contribution is -2.50. The minimum absolute atomic E-state index is 0.0610. The number of carbonyl (C=O) groups is 2. The van der Waals surface area contributed by atoms with E-state index >= 15 is 0 Å². The SMILES string of the molecule is CCc1cc(C(=O)N2CCN(C(C)=O)CC2)n[nH]1. The highest BCUT2D eigenvalue weighted by Gasteiger charge is 2.24.